The van der Waals surface area contributed by atoms with Crippen molar-refractivity contribution in [2.45, 2.75) is 53.9 Å². The highest BCUT2D eigenvalue weighted by molar-refractivity contribution is 5.42. The highest BCUT2D eigenvalue weighted by atomic mass is 14.3. The van der Waals surface area contributed by atoms with E-state index in [0.717, 1.165) is 6.42 Å². The van der Waals surface area contributed by atoms with Crippen LogP contribution in [0.1, 0.15) is 59.4 Å². The Hall–Kier alpha value is -1.30. The third-order valence-electron chi connectivity index (χ3n) is 4.19. The van der Waals surface area contributed by atoms with Gasteiger partial charge in [-0.15, -0.1) is 0 Å². The van der Waals surface area contributed by atoms with Crippen molar-refractivity contribution in [2.24, 2.45) is 10.8 Å². The van der Waals surface area contributed by atoms with Crippen molar-refractivity contribution in [3.8, 4) is 0 Å². The van der Waals surface area contributed by atoms with Gasteiger partial charge in [-0.05, 0) is 28.4 Å². The molecule has 0 fully saturated rings. The van der Waals surface area contributed by atoms with Gasteiger partial charge < -0.3 is 0 Å². The first kappa shape index (κ1) is 15.1. The summed E-state index contributed by atoms with van der Waals surface area (Å²) in [6.07, 6.45) is 6.02. The van der Waals surface area contributed by atoms with Gasteiger partial charge in [0.05, 0.1) is 0 Å². The highest BCUT2D eigenvalue weighted by Crippen LogP contribution is 2.45. The number of allylic oxidation sites excluding steroid dienone is 4. The van der Waals surface area contributed by atoms with Gasteiger partial charge in [0.25, 0.3) is 0 Å². The highest BCUT2D eigenvalue weighted by Gasteiger charge is 2.30. The number of hydrogen-bond acceptors (Lipinski definition) is 0. The van der Waals surface area contributed by atoms with Gasteiger partial charge in [-0.2, -0.15) is 0 Å². The largest absolute Gasteiger partial charge is 0.0799 e. The molecule has 0 heteroatoms. The van der Waals surface area contributed by atoms with Gasteiger partial charge in [0.1, 0.15) is 0 Å². The molecule has 0 aromatic heterocycles. The van der Waals surface area contributed by atoms with Crippen LogP contribution in [0, 0.1) is 10.8 Å². The second-order valence-corrected chi connectivity index (χ2v) is 7.96. The summed E-state index contributed by atoms with van der Waals surface area (Å²) >= 11 is 0. The third-order valence-corrected chi connectivity index (χ3v) is 4.19. The van der Waals surface area contributed by atoms with E-state index in [0.29, 0.717) is 5.92 Å². The number of rotatable bonds is 1. The van der Waals surface area contributed by atoms with E-state index < -0.39 is 0 Å². The van der Waals surface area contributed by atoms with Gasteiger partial charge in [0.2, 0.25) is 0 Å². The molecule has 0 heterocycles. The molecule has 0 N–H and O–H groups in total. The summed E-state index contributed by atoms with van der Waals surface area (Å²) in [4.78, 5) is 0. The summed E-state index contributed by atoms with van der Waals surface area (Å²) in [6, 6.07) is 10.9. The smallest absolute Gasteiger partial charge is 0.00913 e. The maximum atomic E-state index is 2.46. The van der Waals surface area contributed by atoms with E-state index in [9.17, 15) is 0 Å². The van der Waals surface area contributed by atoms with E-state index in [2.05, 4.69) is 84.0 Å². The molecule has 1 unspecified atom stereocenters. The van der Waals surface area contributed by atoms with Gasteiger partial charge >= 0.3 is 0 Å². The predicted molar refractivity (Wildman–Crippen MR) is 88.9 cm³/mol. The summed E-state index contributed by atoms with van der Waals surface area (Å²) < 4.78 is 0. The Morgan fingerprint density at radius 3 is 1.95 bits per heavy atom. The molecular weight excluding hydrogens is 240 g/mol. The topological polar surface area (TPSA) is 0 Å². The minimum atomic E-state index is 0.214. The summed E-state index contributed by atoms with van der Waals surface area (Å²) in [5.41, 5.74) is 4.94. The van der Waals surface area contributed by atoms with Crippen LogP contribution < -0.4 is 0 Å². The molecular formula is C20H28. The molecule has 0 aliphatic heterocycles. The average molecular weight is 268 g/mol. The lowest BCUT2D eigenvalue weighted by atomic mass is 9.69. The van der Waals surface area contributed by atoms with Crippen LogP contribution in [-0.2, 0) is 0 Å². The number of benzene rings is 1. The summed E-state index contributed by atoms with van der Waals surface area (Å²) in [5, 5.41) is 0. The monoisotopic (exact) mass is 268 g/mol. The summed E-state index contributed by atoms with van der Waals surface area (Å²) in [6.45, 7) is 13.9. The van der Waals surface area contributed by atoms with Crippen molar-refractivity contribution >= 4 is 0 Å². The second-order valence-electron chi connectivity index (χ2n) is 7.96. The van der Waals surface area contributed by atoms with Crippen LogP contribution in [0.15, 0.2) is 53.6 Å². The fourth-order valence-corrected chi connectivity index (χ4v) is 2.96. The van der Waals surface area contributed by atoms with E-state index >= 15 is 0 Å². The standard InChI is InChI=1S/C20H28/c1-19(2,3)16-12-13-17(15-10-8-7-9-11-15)18(14-16)20(4,5)6/h7-12,14,17H,13H2,1-6H3. The lowest BCUT2D eigenvalue weighted by Crippen LogP contribution is -2.22. The van der Waals surface area contributed by atoms with E-state index in [1.807, 2.05) is 0 Å². The third kappa shape index (κ3) is 3.23. The molecule has 0 saturated heterocycles. The molecule has 1 aliphatic carbocycles. The van der Waals surface area contributed by atoms with Crippen molar-refractivity contribution in [2.75, 3.05) is 0 Å². The van der Waals surface area contributed by atoms with E-state index in [4.69, 9.17) is 0 Å². The molecule has 0 radical (unpaired) electrons. The minimum absolute atomic E-state index is 0.214. The van der Waals surface area contributed by atoms with Crippen LogP contribution in [0.5, 0.6) is 0 Å². The molecule has 0 saturated carbocycles. The summed E-state index contributed by atoms with van der Waals surface area (Å²) in [7, 11) is 0. The van der Waals surface area contributed by atoms with Crippen LogP contribution in [0.3, 0.4) is 0 Å². The first-order valence-corrected chi connectivity index (χ1v) is 7.67. The Labute approximate surface area is 124 Å². The Kier molecular flexibility index (Phi) is 3.95. The van der Waals surface area contributed by atoms with E-state index in [1.165, 1.54) is 11.1 Å². The van der Waals surface area contributed by atoms with Crippen molar-refractivity contribution < 1.29 is 0 Å². The normalized spacial score (nSPS) is 20.4. The number of hydrogen-bond donors (Lipinski definition) is 0. The Bertz CT molecular complexity index is 515. The van der Waals surface area contributed by atoms with Crippen LogP contribution in [0.25, 0.3) is 0 Å². The zero-order chi connectivity index (χ0) is 15.0. The Morgan fingerprint density at radius 1 is 0.850 bits per heavy atom. The van der Waals surface area contributed by atoms with Crippen LogP contribution in [-0.4, -0.2) is 0 Å². The molecule has 0 nitrogen and oxygen atoms in total. The molecule has 108 valence electrons. The first-order chi connectivity index (χ1) is 9.19. The van der Waals surface area contributed by atoms with E-state index in [1.54, 1.807) is 5.57 Å². The minimum Gasteiger partial charge on any atom is -0.0799 e. The molecule has 1 aliphatic rings. The van der Waals surface area contributed by atoms with E-state index in [-0.39, 0.29) is 10.8 Å². The zero-order valence-electron chi connectivity index (χ0n) is 13.8. The molecule has 0 spiro atoms. The molecule has 1 aromatic carbocycles. The van der Waals surface area contributed by atoms with Crippen LogP contribution in [0.2, 0.25) is 0 Å². The SMILES string of the molecule is CC(C)(C)C1=CCC(c2ccccc2)C(C(C)(C)C)=C1. The van der Waals surface area contributed by atoms with Gasteiger partial charge in [-0.3, -0.25) is 0 Å². The first-order valence-electron chi connectivity index (χ1n) is 7.67. The lowest BCUT2D eigenvalue weighted by Gasteiger charge is -2.36. The fraction of sp³-hybridized carbons (Fsp3) is 0.500. The predicted octanol–water partition coefficient (Wildman–Crippen LogP) is 6.12. The maximum Gasteiger partial charge on any atom is 0.00913 e. The van der Waals surface area contributed by atoms with Gasteiger partial charge in [-0.25, -0.2) is 0 Å². The molecule has 0 bridgehead atoms. The van der Waals surface area contributed by atoms with Crippen molar-refractivity contribution in [1.82, 2.24) is 0 Å². The van der Waals surface area contributed by atoms with Gasteiger partial charge in [0.15, 0.2) is 0 Å². The molecule has 1 atom stereocenters. The Morgan fingerprint density at radius 2 is 1.45 bits per heavy atom. The van der Waals surface area contributed by atoms with Crippen molar-refractivity contribution in [3.05, 3.63) is 59.2 Å². The lowest BCUT2D eigenvalue weighted by molar-refractivity contribution is 0.445. The average Bonchev–Trinajstić information content (AvgIpc) is 2.37. The maximum absolute atomic E-state index is 2.46. The van der Waals surface area contributed by atoms with Crippen molar-refractivity contribution in [3.63, 3.8) is 0 Å². The molecule has 1 aromatic rings. The summed E-state index contributed by atoms with van der Waals surface area (Å²) in [5.74, 6) is 0.530. The Balaban J connectivity index is 2.44. The fourth-order valence-electron chi connectivity index (χ4n) is 2.96. The van der Waals surface area contributed by atoms with Gasteiger partial charge in [-0.1, -0.05) is 89.6 Å². The quantitative estimate of drug-likeness (QED) is 0.575. The molecule has 0 amide bonds. The van der Waals surface area contributed by atoms with Crippen molar-refractivity contribution in [1.29, 1.82) is 0 Å². The van der Waals surface area contributed by atoms with Crippen LogP contribution in [0.4, 0.5) is 0 Å². The molecule has 2 rings (SSSR count). The zero-order valence-corrected chi connectivity index (χ0v) is 13.8. The van der Waals surface area contributed by atoms with Crippen LogP contribution >= 0.6 is 0 Å². The van der Waals surface area contributed by atoms with Gasteiger partial charge in [0, 0.05) is 5.92 Å². The second kappa shape index (κ2) is 5.24. The molecule has 20 heavy (non-hydrogen) atoms.